The maximum Gasteiger partial charge on any atom is 0.0951 e. The molecular weight excluding hydrogens is 216 g/mol. The molecular formula is C13H22N2O2. The molecule has 2 atom stereocenters. The van der Waals surface area contributed by atoms with Gasteiger partial charge in [0.05, 0.1) is 31.3 Å². The Kier molecular flexibility index (Phi) is 4.59. The second kappa shape index (κ2) is 6.19. The maximum atomic E-state index is 5.89. The van der Waals surface area contributed by atoms with Gasteiger partial charge in [-0.1, -0.05) is 6.92 Å². The molecule has 0 spiro atoms. The van der Waals surface area contributed by atoms with Crippen LogP contribution in [-0.4, -0.2) is 44.3 Å². The van der Waals surface area contributed by atoms with Crippen molar-refractivity contribution < 1.29 is 9.15 Å². The van der Waals surface area contributed by atoms with E-state index >= 15 is 0 Å². The Morgan fingerprint density at radius 1 is 1.59 bits per heavy atom. The lowest BCUT2D eigenvalue weighted by molar-refractivity contribution is -0.0459. The molecule has 0 amide bonds. The van der Waals surface area contributed by atoms with Crippen LogP contribution in [0.1, 0.15) is 24.9 Å². The highest BCUT2D eigenvalue weighted by Gasteiger charge is 2.28. The van der Waals surface area contributed by atoms with E-state index in [1.807, 2.05) is 13.1 Å². The average Bonchev–Trinajstić information content (AvgIpc) is 2.85. The van der Waals surface area contributed by atoms with E-state index in [-0.39, 0.29) is 12.1 Å². The van der Waals surface area contributed by atoms with Crippen LogP contribution in [0, 0.1) is 0 Å². The fourth-order valence-electron chi connectivity index (χ4n) is 2.47. The van der Waals surface area contributed by atoms with E-state index in [0.29, 0.717) is 0 Å². The Balaban J connectivity index is 1.99. The molecule has 4 heteroatoms. The molecule has 0 bridgehead atoms. The van der Waals surface area contributed by atoms with E-state index in [4.69, 9.17) is 9.15 Å². The molecule has 2 unspecified atom stereocenters. The molecule has 0 aliphatic carbocycles. The maximum absolute atomic E-state index is 5.89. The van der Waals surface area contributed by atoms with Gasteiger partial charge in [-0.3, -0.25) is 4.90 Å². The van der Waals surface area contributed by atoms with Gasteiger partial charge in [-0.25, -0.2) is 0 Å². The Hall–Kier alpha value is -0.840. The van der Waals surface area contributed by atoms with Gasteiger partial charge < -0.3 is 14.5 Å². The molecule has 2 rings (SSSR count). The quantitative estimate of drug-likeness (QED) is 0.846. The van der Waals surface area contributed by atoms with Crippen molar-refractivity contribution in [2.45, 2.75) is 25.5 Å². The molecule has 1 aromatic rings. The van der Waals surface area contributed by atoms with E-state index in [1.165, 1.54) is 6.42 Å². The summed E-state index contributed by atoms with van der Waals surface area (Å²) in [6.45, 7) is 6.23. The SMILES string of the molecule is CCCN1CCOC(C(NC)c2ccoc2)C1. The first-order valence-electron chi connectivity index (χ1n) is 6.38. The number of nitrogens with zero attached hydrogens (tertiary/aromatic N) is 1. The highest BCUT2D eigenvalue weighted by Crippen LogP contribution is 2.22. The minimum Gasteiger partial charge on any atom is -0.472 e. The van der Waals surface area contributed by atoms with Crippen LogP contribution in [0.3, 0.4) is 0 Å². The third kappa shape index (κ3) is 3.09. The fraction of sp³-hybridized carbons (Fsp3) is 0.692. The second-order valence-corrected chi connectivity index (χ2v) is 4.53. The topological polar surface area (TPSA) is 37.6 Å². The molecule has 0 saturated carbocycles. The third-order valence-electron chi connectivity index (χ3n) is 3.30. The van der Waals surface area contributed by atoms with Gasteiger partial charge in [-0.05, 0) is 26.1 Å². The Bertz CT molecular complexity index is 311. The normalized spacial score (nSPS) is 23.8. The lowest BCUT2D eigenvalue weighted by atomic mass is 10.0. The second-order valence-electron chi connectivity index (χ2n) is 4.53. The minimum atomic E-state index is 0.206. The molecule has 1 fully saturated rings. The Morgan fingerprint density at radius 3 is 3.12 bits per heavy atom. The van der Waals surface area contributed by atoms with Crippen LogP contribution in [0.5, 0.6) is 0 Å². The standard InChI is InChI=1S/C13H22N2O2/c1-3-5-15-6-8-17-12(9-15)13(14-2)11-4-7-16-10-11/h4,7,10,12-14H,3,5-6,8-9H2,1-2H3. The number of morpholine rings is 1. The summed E-state index contributed by atoms with van der Waals surface area (Å²) in [4.78, 5) is 2.47. The molecule has 1 aliphatic rings. The monoisotopic (exact) mass is 238 g/mol. The molecule has 1 saturated heterocycles. The lowest BCUT2D eigenvalue weighted by Gasteiger charge is -2.36. The number of nitrogens with one attached hydrogen (secondary N) is 1. The van der Waals surface area contributed by atoms with Gasteiger partial charge >= 0.3 is 0 Å². The number of ether oxygens (including phenoxy) is 1. The predicted molar refractivity (Wildman–Crippen MR) is 67.0 cm³/mol. The van der Waals surface area contributed by atoms with Gasteiger partial charge in [-0.2, -0.15) is 0 Å². The van der Waals surface area contributed by atoms with Gasteiger partial charge in [0.1, 0.15) is 0 Å². The van der Waals surface area contributed by atoms with Crippen LogP contribution >= 0.6 is 0 Å². The van der Waals surface area contributed by atoms with Crippen molar-refractivity contribution in [3.63, 3.8) is 0 Å². The van der Waals surface area contributed by atoms with Crippen molar-refractivity contribution >= 4 is 0 Å². The Morgan fingerprint density at radius 2 is 2.47 bits per heavy atom. The Labute approximate surface area is 103 Å². The molecule has 96 valence electrons. The summed E-state index contributed by atoms with van der Waals surface area (Å²) >= 11 is 0. The zero-order chi connectivity index (χ0) is 12.1. The molecule has 1 aliphatic heterocycles. The molecule has 1 aromatic heterocycles. The summed E-state index contributed by atoms with van der Waals surface area (Å²) in [6, 6.07) is 2.22. The molecule has 0 radical (unpaired) electrons. The van der Waals surface area contributed by atoms with Crippen molar-refractivity contribution in [2.24, 2.45) is 0 Å². The van der Waals surface area contributed by atoms with Gasteiger partial charge in [0.15, 0.2) is 0 Å². The average molecular weight is 238 g/mol. The summed E-state index contributed by atoms with van der Waals surface area (Å²) in [5.41, 5.74) is 1.16. The van der Waals surface area contributed by atoms with Crippen molar-refractivity contribution in [1.82, 2.24) is 10.2 Å². The molecule has 17 heavy (non-hydrogen) atoms. The zero-order valence-electron chi connectivity index (χ0n) is 10.7. The first-order valence-corrected chi connectivity index (χ1v) is 6.38. The molecule has 4 nitrogen and oxygen atoms in total. The van der Waals surface area contributed by atoms with Crippen LogP contribution in [-0.2, 0) is 4.74 Å². The molecule has 1 N–H and O–H groups in total. The molecule has 0 aromatic carbocycles. The van der Waals surface area contributed by atoms with E-state index in [0.717, 1.165) is 31.8 Å². The van der Waals surface area contributed by atoms with Crippen molar-refractivity contribution in [3.8, 4) is 0 Å². The zero-order valence-corrected chi connectivity index (χ0v) is 10.7. The first-order chi connectivity index (χ1) is 8.35. The van der Waals surface area contributed by atoms with Gasteiger partial charge in [0.25, 0.3) is 0 Å². The number of furan rings is 1. The van der Waals surface area contributed by atoms with E-state index < -0.39 is 0 Å². The minimum absolute atomic E-state index is 0.206. The predicted octanol–water partition coefficient (Wildman–Crippen LogP) is 1.65. The number of likely N-dealkylation sites (N-methyl/N-ethyl adjacent to an activating group) is 1. The summed E-state index contributed by atoms with van der Waals surface area (Å²) in [5.74, 6) is 0. The smallest absolute Gasteiger partial charge is 0.0951 e. The highest BCUT2D eigenvalue weighted by atomic mass is 16.5. The number of rotatable bonds is 5. The van der Waals surface area contributed by atoms with Crippen LogP contribution in [0.4, 0.5) is 0 Å². The fourth-order valence-corrected chi connectivity index (χ4v) is 2.47. The molecule has 2 heterocycles. The number of hydrogen-bond donors (Lipinski definition) is 1. The van der Waals surface area contributed by atoms with E-state index in [2.05, 4.69) is 17.1 Å². The first kappa shape index (κ1) is 12.6. The van der Waals surface area contributed by atoms with E-state index in [1.54, 1.807) is 12.5 Å². The van der Waals surface area contributed by atoms with Crippen LogP contribution < -0.4 is 5.32 Å². The van der Waals surface area contributed by atoms with Crippen LogP contribution in [0.2, 0.25) is 0 Å². The van der Waals surface area contributed by atoms with Gasteiger partial charge in [-0.15, -0.1) is 0 Å². The summed E-state index contributed by atoms with van der Waals surface area (Å²) in [5, 5.41) is 3.33. The number of hydrogen-bond acceptors (Lipinski definition) is 4. The summed E-state index contributed by atoms with van der Waals surface area (Å²) < 4.78 is 11.0. The van der Waals surface area contributed by atoms with Crippen LogP contribution in [0.25, 0.3) is 0 Å². The van der Waals surface area contributed by atoms with Crippen molar-refractivity contribution in [3.05, 3.63) is 24.2 Å². The lowest BCUT2D eigenvalue weighted by Crippen LogP contribution is -2.47. The van der Waals surface area contributed by atoms with Gasteiger partial charge in [0.2, 0.25) is 0 Å². The summed E-state index contributed by atoms with van der Waals surface area (Å²) in [6.07, 6.45) is 4.91. The highest BCUT2D eigenvalue weighted by molar-refractivity contribution is 5.13. The van der Waals surface area contributed by atoms with E-state index in [9.17, 15) is 0 Å². The largest absolute Gasteiger partial charge is 0.472 e. The summed E-state index contributed by atoms with van der Waals surface area (Å²) in [7, 11) is 1.97. The third-order valence-corrected chi connectivity index (χ3v) is 3.30. The van der Waals surface area contributed by atoms with Crippen LogP contribution in [0.15, 0.2) is 23.0 Å². The van der Waals surface area contributed by atoms with Crippen molar-refractivity contribution in [1.29, 1.82) is 0 Å². The van der Waals surface area contributed by atoms with Gasteiger partial charge in [0, 0.05) is 18.7 Å². The van der Waals surface area contributed by atoms with Crippen molar-refractivity contribution in [2.75, 3.05) is 33.3 Å².